The molecule has 1 unspecified atom stereocenters. The van der Waals surface area contributed by atoms with Crippen LogP contribution >= 0.6 is 0 Å². The van der Waals surface area contributed by atoms with Crippen molar-refractivity contribution in [1.29, 1.82) is 0 Å². The number of nitrogens with zero attached hydrogens (tertiary/aromatic N) is 1. The van der Waals surface area contributed by atoms with E-state index in [0.717, 1.165) is 12.6 Å². The van der Waals surface area contributed by atoms with Crippen LogP contribution in [0.2, 0.25) is 0 Å². The second-order valence-electron chi connectivity index (χ2n) is 5.23. The lowest BCUT2D eigenvalue weighted by Crippen LogP contribution is -2.40. The van der Waals surface area contributed by atoms with Gasteiger partial charge in [-0.3, -0.25) is 0 Å². The van der Waals surface area contributed by atoms with Crippen LogP contribution < -0.4 is 0 Å². The van der Waals surface area contributed by atoms with E-state index >= 15 is 0 Å². The molecule has 0 spiro atoms. The minimum Gasteiger partial charge on any atom is -0.395 e. The van der Waals surface area contributed by atoms with Gasteiger partial charge in [-0.1, -0.05) is 37.3 Å². The van der Waals surface area contributed by atoms with Crippen LogP contribution in [0.3, 0.4) is 0 Å². The minimum atomic E-state index is -0.140. The van der Waals surface area contributed by atoms with Crippen molar-refractivity contribution >= 4 is 0 Å². The monoisotopic (exact) mass is 219 g/mol. The fourth-order valence-corrected chi connectivity index (χ4v) is 2.27. The molecule has 0 aromatic heterocycles. The Morgan fingerprint density at radius 2 is 1.94 bits per heavy atom. The molecule has 0 amide bonds. The van der Waals surface area contributed by atoms with E-state index in [1.807, 2.05) is 18.2 Å². The van der Waals surface area contributed by atoms with Gasteiger partial charge in [-0.2, -0.15) is 0 Å². The SMILES string of the molecule is CN(CC(C)(CO)c1ccccc1)C1CC1. The number of hydrogen-bond acceptors (Lipinski definition) is 2. The van der Waals surface area contributed by atoms with Crippen molar-refractivity contribution in [3.63, 3.8) is 0 Å². The van der Waals surface area contributed by atoms with Gasteiger partial charge >= 0.3 is 0 Å². The smallest absolute Gasteiger partial charge is 0.0537 e. The lowest BCUT2D eigenvalue weighted by molar-refractivity contribution is 0.155. The molecule has 1 saturated carbocycles. The van der Waals surface area contributed by atoms with E-state index in [-0.39, 0.29) is 12.0 Å². The molecule has 1 atom stereocenters. The Morgan fingerprint density at radius 1 is 1.31 bits per heavy atom. The molecular formula is C14H21NO. The first kappa shape index (κ1) is 11.6. The fourth-order valence-electron chi connectivity index (χ4n) is 2.27. The Balaban J connectivity index is 2.11. The lowest BCUT2D eigenvalue weighted by Gasteiger charge is -2.32. The maximum absolute atomic E-state index is 9.66. The van der Waals surface area contributed by atoms with E-state index in [9.17, 15) is 5.11 Å². The van der Waals surface area contributed by atoms with Crippen molar-refractivity contribution in [3.8, 4) is 0 Å². The van der Waals surface area contributed by atoms with Gasteiger partial charge in [-0.25, -0.2) is 0 Å². The molecule has 0 aliphatic heterocycles. The number of likely N-dealkylation sites (N-methyl/N-ethyl adjacent to an activating group) is 1. The maximum atomic E-state index is 9.66. The van der Waals surface area contributed by atoms with Crippen LogP contribution in [0.25, 0.3) is 0 Å². The first-order valence-electron chi connectivity index (χ1n) is 6.02. The average Bonchev–Trinajstić information content (AvgIpc) is 3.14. The first-order valence-corrected chi connectivity index (χ1v) is 6.02. The molecule has 0 bridgehead atoms. The number of benzene rings is 1. The van der Waals surface area contributed by atoms with Crippen molar-refractivity contribution in [3.05, 3.63) is 35.9 Å². The van der Waals surface area contributed by atoms with Gasteiger partial charge in [0.15, 0.2) is 0 Å². The highest BCUT2D eigenvalue weighted by atomic mass is 16.3. The topological polar surface area (TPSA) is 23.5 Å². The standard InChI is InChI=1S/C14H21NO/c1-14(11-16,10-15(2)13-8-9-13)12-6-4-3-5-7-12/h3-7,13,16H,8-11H2,1-2H3. The van der Waals surface area contributed by atoms with Gasteiger partial charge in [0.1, 0.15) is 0 Å². The molecule has 0 radical (unpaired) electrons. The highest BCUT2D eigenvalue weighted by Gasteiger charge is 2.33. The van der Waals surface area contributed by atoms with Crippen molar-refractivity contribution in [2.24, 2.45) is 0 Å². The van der Waals surface area contributed by atoms with Gasteiger partial charge in [0, 0.05) is 18.0 Å². The summed E-state index contributed by atoms with van der Waals surface area (Å²) >= 11 is 0. The van der Waals surface area contributed by atoms with E-state index in [4.69, 9.17) is 0 Å². The van der Waals surface area contributed by atoms with E-state index in [1.54, 1.807) is 0 Å². The molecule has 0 heterocycles. The number of aliphatic hydroxyl groups excluding tert-OH is 1. The summed E-state index contributed by atoms with van der Waals surface area (Å²) in [5.41, 5.74) is 1.09. The second kappa shape index (κ2) is 4.56. The van der Waals surface area contributed by atoms with E-state index < -0.39 is 0 Å². The Morgan fingerprint density at radius 3 is 2.44 bits per heavy atom. The van der Waals surface area contributed by atoms with Crippen molar-refractivity contribution in [2.75, 3.05) is 20.2 Å². The molecule has 1 aliphatic carbocycles. The number of rotatable bonds is 5. The molecule has 0 saturated heterocycles. The Bertz CT molecular complexity index is 334. The van der Waals surface area contributed by atoms with Crippen molar-refractivity contribution in [2.45, 2.75) is 31.2 Å². The summed E-state index contributed by atoms with van der Waals surface area (Å²) in [6.45, 7) is 3.27. The highest BCUT2D eigenvalue weighted by Crippen LogP contribution is 2.30. The molecule has 1 aromatic carbocycles. The Hall–Kier alpha value is -0.860. The van der Waals surface area contributed by atoms with E-state index in [0.29, 0.717) is 0 Å². The van der Waals surface area contributed by atoms with Crippen LogP contribution in [0, 0.1) is 0 Å². The summed E-state index contributed by atoms with van der Waals surface area (Å²) < 4.78 is 0. The lowest BCUT2D eigenvalue weighted by atomic mass is 9.83. The summed E-state index contributed by atoms with van der Waals surface area (Å²) in [5, 5.41) is 9.66. The molecule has 2 nitrogen and oxygen atoms in total. The first-order chi connectivity index (χ1) is 7.65. The van der Waals surface area contributed by atoms with E-state index in [1.165, 1.54) is 18.4 Å². The molecule has 16 heavy (non-hydrogen) atoms. The Kier molecular flexibility index (Phi) is 3.31. The third kappa shape index (κ3) is 2.45. The molecule has 1 N–H and O–H groups in total. The zero-order valence-electron chi connectivity index (χ0n) is 10.2. The van der Waals surface area contributed by atoms with Crippen LogP contribution in [-0.4, -0.2) is 36.2 Å². The van der Waals surface area contributed by atoms with Gasteiger partial charge in [0.05, 0.1) is 6.61 Å². The molecule has 1 aliphatic rings. The molecule has 2 rings (SSSR count). The largest absolute Gasteiger partial charge is 0.395 e. The second-order valence-corrected chi connectivity index (χ2v) is 5.23. The van der Waals surface area contributed by atoms with Gasteiger partial charge < -0.3 is 10.0 Å². The quantitative estimate of drug-likeness (QED) is 0.819. The third-order valence-corrected chi connectivity index (χ3v) is 3.59. The molecular weight excluding hydrogens is 198 g/mol. The van der Waals surface area contributed by atoms with Crippen LogP contribution in [0.1, 0.15) is 25.3 Å². The normalized spacial score (nSPS) is 19.8. The predicted molar refractivity (Wildman–Crippen MR) is 66.5 cm³/mol. The fraction of sp³-hybridized carbons (Fsp3) is 0.571. The summed E-state index contributed by atoms with van der Waals surface area (Å²) in [6.07, 6.45) is 2.62. The zero-order chi connectivity index (χ0) is 11.6. The minimum absolute atomic E-state index is 0.140. The molecule has 1 aromatic rings. The zero-order valence-corrected chi connectivity index (χ0v) is 10.2. The summed E-state index contributed by atoms with van der Waals surface area (Å²) in [5.74, 6) is 0. The van der Waals surface area contributed by atoms with Crippen molar-refractivity contribution in [1.82, 2.24) is 4.90 Å². The maximum Gasteiger partial charge on any atom is 0.0537 e. The van der Waals surface area contributed by atoms with Gasteiger partial charge in [-0.05, 0) is 25.5 Å². The van der Waals surface area contributed by atoms with Crippen LogP contribution in [0.4, 0.5) is 0 Å². The number of hydrogen-bond donors (Lipinski definition) is 1. The van der Waals surface area contributed by atoms with Crippen LogP contribution in [-0.2, 0) is 5.41 Å². The summed E-state index contributed by atoms with van der Waals surface area (Å²) in [7, 11) is 2.16. The van der Waals surface area contributed by atoms with E-state index in [2.05, 4.69) is 31.0 Å². The molecule has 1 fully saturated rings. The van der Waals surface area contributed by atoms with Crippen molar-refractivity contribution < 1.29 is 5.11 Å². The van der Waals surface area contributed by atoms with Gasteiger partial charge in [0.25, 0.3) is 0 Å². The van der Waals surface area contributed by atoms with Crippen LogP contribution in [0.5, 0.6) is 0 Å². The van der Waals surface area contributed by atoms with Gasteiger partial charge in [-0.15, -0.1) is 0 Å². The Labute approximate surface area is 97.9 Å². The summed E-state index contributed by atoms with van der Waals surface area (Å²) in [6, 6.07) is 11.1. The summed E-state index contributed by atoms with van der Waals surface area (Å²) in [4.78, 5) is 2.38. The average molecular weight is 219 g/mol. The number of aliphatic hydroxyl groups is 1. The highest BCUT2D eigenvalue weighted by molar-refractivity contribution is 5.25. The third-order valence-electron chi connectivity index (χ3n) is 3.59. The predicted octanol–water partition coefficient (Wildman–Crippen LogP) is 2.03. The van der Waals surface area contributed by atoms with Crippen LogP contribution in [0.15, 0.2) is 30.3 Å². The molecule has 88 valence electrons. The molecule has 2 heteroatoms. The van der Waals surface area contributed by atoms with Gasteiger partial charge in [0.2, 0.25) is 0 Å².